The van der Waals surface area contributed by atoms with Crippen LogP contribution in [0.2, 0.25) is 0 Å². The smallest absolute Gasteiger partial charge is 0.255 e. The average molecular weight is 311 g/mol. The van der Waals surface area contributed by atoms with Gasteiger partial charge in [0.15, 0.2) is 11.5 Å². The number of rotatable bonds is 4. The Morgan fingerprint density at radius 3 is 2.74 bits per heavy atom. The molecule has 0 bridgehead atoms. The number of fused-ring (bicyclic) bond motifs is 1. The maximum absolute atomic E-state index is 12.5. The highest BCUT2D eigenvalue weighted by Crippen LogP contribution is 2.35. The molecule has 0 radical (unpaired) electrons. The van der Waals surface area contributed by atoms with Crippen molar-refractivity contribution in [2.24, 2.45) is 0 Å². The van der Waals surface area contributed by atoms with Gasteiger partial charge in [0, 0.05) is 12.0 Å². The van der Waals surface area contributed by atoms with Crippen LogP contribution in [0.15, 0.2) is 42.5 Å². The highest BCUT2D eigenvalue weighted by molar-refractivity contribution is 5.98. The predicted octanol–water partition coefficient (Wildman–Crippen LogP) is 3.43. The van der Waals surface area contributed by atoms with E-state index in [4.69, 9.17) is 9.47 Å². The summed E-state index contributed by atoms with van der Waals surface area (Å²) in [4.78, 5) is 12.5. The van der Waals surface area contributed by atoms with Crippen LogP contribution in [0.4, 0.5) is 0 Å². The molecule has 0 atom stereocenters. The average Bonchev–Trinajstić information content (AvgIpc) is 3.01. The molecule has 120 valence electrons. The molecule has 0 saturated heterocycles. The van der Waals surface area contributed by atoms with Gasteiger partial charge in [-0.1, -0.05) is 49.7 Å². The van der Waals surface area contributed by atoms with Gasteiger partial charge in [-0.15, -0.1) is 0 Å². The number of hydrogen-bond donors (Lipinski definition) is 1. The molecule has 4 heteroatoms. The third-order valence-corrected chi connectivity index (χ3v) is 4.13. The Labute approximate surface area is 136 Å². The lowest BCUT2D eigenvalue weighted by molar-refractivity contribution is 0.0941. The summed E-state index contributed by atoms with van der Waals surface area (Å²) in [7, 11) is 0. The Balaban J connectivity index is 1.73. The summed E-state index contributed by atoms with van der Waals surface area (Å²) in [5.41, 5.74) is 2.78. The van der Waals surface area contributed by atoms with Crippen molar-refractivity contribution in [3.05, 3.63) is 59.2 Å². The minimum absolute atomic E-state index is 0.145. The fourth-order valence-corrected chi connectivity index (χ4v) is 2.67. The number of benzene rings is 2. The first-order valence-electron chi connectivity index (χ1n) is 7.71. The molecule has 0 saturated carbocycles. The Hall–Kier alpha value is -2.49. The van der Waals surface area contributed by atoms with Crippen LogP contribution in [0.1, 0.15) is 35.3 Å². The van der Waals surface area contributed by atoms with Crippen LogP contribution < -0.4 is 14.8 Å². The maximum atomic E-state index is 12.5. The molecule has 1 aliphatic rings. The van der Waals surface area contributed by atoms with E-state index in [1.165, 1.54) is 11.1 Å². The van der Waals surface area contributed by atoms with Crippen LogP contribution in [0, 0.1) is 6.92 Å². The number of aryl methyl sites for hydroxylation is 1. The summed E-state index contributed by atoms with van der Waals surface area (Å²) in [6.07, 6.45) is 0. The van der Waals surface area contributed by atoms with Crippen molar-refractivity contribution in [3.63, 3.8) is 0 Å². The number of nitrogens with one attached hydrogen (secondary N) is 1. The minimum atomic E-state index is -0.156. The van der Waals surface area contributed by atoms with Gasteiger partial charge < -0.3 is 14.8 Å². The Morgan fingerprint density at radius 2 is 1.96 bits per heavy atom. The van der Waals surface area contributed by atoms with Crippen LogP contribution >= 0.6 is 0 Å². The number of carbonyl (C=O) groups is 1. The quantitative estimate of drug-likeness (QED) is 0.941. The molecule has 2 aromatic carbocycles. The van der Waals surface area contributed by atoms with Gasteiger partial charge in [-0.05, 0) is 24.6 Å². The van der Waals surface area contributed by atoms with E-state index in [1.807, 2.05) is 6.07 Å². The van der Waals surface area contributed by atoms with Crippen molar-refractivity contribution >= 4 is 5.91 Å². The van der Waals surface area contributed by atoms with Gasteiger partial charge in [-0.3, -0.25) is 4.79 Å². The van der Waals surface area contributed by atoms with Crippen molar-refractivity contribution < 1.29 is 14.3 Å². The summed E-state index contributed by atoms with van der Waals surface area (Å²) < 4.78 is 10.7. The normalized spacial score (nSPS) is 13.0. The van der Waals surface area contributed by atoms with Crippen molar-refractivity contribution in [2.45, 2.75) is 26.2 Å². The molecule has 0 fully saturated rings. The van der Waals surface area contributed by atoms with Gasteiger partial charge in [0.1, 0.15) is 0 Å². The molecular weight excluding hydrogens is 290 g/mol. The summed E-state index contributed by atoms with van der Waals surface area (Å²) >= 11 is 0. The second-order valence-electron chi connectivity index (χ2n) is 6.48. The Morgan fingerprint density at radius 1 is 1.17 bits per heavy atom. The summed E-state index contributed by atoms with van der Waals surface area (Å²) in [5, 5.41) is 3.01. The van der Waals surface area contributed by atoms with Crippen LogP contribution in [-0.4, -0.2) is 19.2 Å². The SMILES string of the molecule is Cc1cccc(C(C)(C)CNC(=O)c2cccc3c2OCO3)c1. The fourth-order valence-electron chi connectivity index (χ4n) is 2.67. The minimum Gasteiger partial charge on any atom is -0.454 e. The Bertz CT molecular complexity index is 737. The molecule has 0 spiro atoms. The topological polar surface area (TPSA) is 47.6 Å². The van der Waals surface area contributed by atoms with Crippen molar-refractivity contribution in [1.82, 2.24) is 5.32 Å². The lowest BCUT2D eigenvalue weighted by Crippen LogP contribution is -2.36. The fraction of sp³-hybridized carbons (Fsp3) is 0.316. The van der Waals surface area contributed by atoms with E-state index >= 15 is 0 Å². The zero-order valence-electron chi connectivity index (χ0n) is 13.7. The molecule has 0 unspecified atom stereocenters. The molecule has 4 nitrogen and oxygen atoms in total. The van der Waals surface area contributed by atoms with E-state index in [-0.39, 0.29) is 18.1 Å². The second-order valence-corrected chi connectivity index (χ2v) is 6.48. The number of ether oxygens (including phenoxy) is 2. The molecule has 1 N–H and O–H groups in total. The van der Waals surface area contributed by atoms with Crippen molar-refractivity contribution in [1.29, 1.82) is 0 Å². The zero-order chi connectivity index (χ0) is 16.4. The van der Waals surface area contributed by atoms with Gasteiger partial charge in [-0.25, -0.2) is 0 Å². The molecule has 23 heavy (non-hydrogen) atoms. The molecule has 0 aliphatic carbocycles. The van der Waals surface area contributed by atoms with Crippen LogP contribution in [-0.2, 0) is 5.41 Å². The number of para-hydroxylation sites is 1. The summed E-state index contributed by atoms with van der Waals surface area (Å²) in [6.45, 7) is 7.02. The summed E-state index contributed by atoms with van der Waals surface area (Å²) in [5.74, 6) is 1.00. The molecule has 1 aliphatic heterocycles. The molecule has 0 aromatic heterocycles. The number of hydrogen-bond acceptors (Lipinski definition) is 3. The summed E-state index contributed by atoms with van der Waals surface area (Å²) in [6, 6.07) is 13.7. The maximum Gasteiger partial charge on any atom is 0.255 e. The Kier molecular flexibility index (Phi) is 3.99. The number of amides is 1. The molecule has 1 amide bonds. The van der Waals surface area contributed by atoms with E-state index in [9.17, 15) is 4.79 Å². The van der Waals surface area contributed by atoms with E-state index in [0.29, 0.717) is 23.6 Å². The first kappa shape index (κ1) is 15.4. The predicted molar refractivity (Wildman–Crippen MR) is 89.1 cm³/mol. The van der Waals surface area contributed by atoms with Gasteiger partial charge >= 0.3 is 0 Å². The molecule has 2 aromatic rings. The number of carbonyl (C=O) groups excluding carboxylic acids is 1. The van der Waals surface area contributed by atoms with Gasteiger partial charge in [0.05, 0.1) is 5.56 Å². The molecule has 3 rings (SSSR count). The molecular formula is C19H21NO3. The van der Waals surface area contributed by atoms with Crippen LogP contribution in [0.3, 0.4) is 0 Å². The van der Waals surface area contributed by atoms with E-state index in [1.54, 1.807) is 18.2 Å². The van der Waals surface area contributed by atoms with E-state index in [2.05, 4.69) is 44.3 Å². The van der Waals surface area contributed by atoms with Crippen LogP contribution in [0.25, 0.3) is 0 Å². The monoisotopic (exact) mass is 311 g/mol. The lowest BCUT2D eigenvalue weighted by Gasteiger charge is -2.26. The van der Waals surface area contributed by atoms with Crippen LogP contribution in [0.5, 0.6) is 11.5 Å². The largest absolute Gasteiger partial charge is 0.454 e. The van der Waals surface area contributed by atoms with Crippen molar-refractivity contribution in [2.75, 3.05) is 13.3 Å². The lowest BCUT2D eigenvalue weighted by atomic mass is 9.84. The van der Waals surface area contributed by atoms with Gasteiger partial charge in [0.25, 0.3) is 5.91 Å². The molecule has 1 heterocycles. The highest BCUT2D eigenvalue weighted by atomic mass is 16.7. The second kappa shape index (κ2) is 5.95. The van der Waals surface area contributed by atoms with Gasteiger partial charge in [-0.2, -0.15) is 0 Å². The zero-order valence-corrected chi connectivity index (χ0v) is 13.7. The highest BCUT2D eigenvalue weighted by Gasteiger charge is 2.25. The standard InChI is InChI=1S/C19H21NO3/c1-13-6-4-7-14(10-13)19(2,3)11-20-18(21)15-8-5-9-16-17(15)23-12-22-16/h4-10H,11-12H2,1-3H3,(H,20,21). The third kappa shape index (κ3) is 3.16. The first-order valence-corrected chi connectivity index (χ1v) is 7.71. The third-order valence-electron chi connectivity index (χ3n) is 4.13. The van der Waals surface area contributed by atoms with E-state index < -0.39 is 0 Å². The first-order chi connectivity index (χ1) is 11.0. The van der Waals surface area contributed by atoms with E-state index in [0.717, 1.165) is 0 Å². The van der Waals surface area contributed by atoms with Crippen molar-refractivity contribution in [3.8, 4) is 11.5 Å². The van der Waals surface area contributed by atoms with Gasteiger partial charge in [0.2, 0.25) is 6.79 Å².